The molecule has 0 fully saturated rings. The number of carboxylic acid groups (broad SMARTS) is 1. The second-order valence-corrected chi connectivity index (χ2v) is 5.15. The first kappa shape index (κ1) is 14.1. The van der Waals surface area contributed by atoms with E-state index in [1.807, 2.05) is 5.38 Å². The maximum absolute atomic E-state index is 11.9. The predicted octanol–water partition coefficient (Wildman–Crippen LogP) is 3.29. The summed E-state index contributed by atoms with van der Waals surface area (Å²) in [6, 6.07) is 9.25. The fraction of sp³-hybridized carbons (Fsp3) is 0.133. The topological polar surface area (TPSA) is 71.4 Å². The molecule has 0 aliphatic rings. The van der Waals surface area contributed by atoms with Crippen LogP contribution in [0.3, 0.4) is 0 Å². The quantitative estimate of drug-likeness (QED) is 0.828. The Morgan fingerprint density at radius 3 is 2.05 bits per heavy atom. The van der Waals surface area contributed by atoms with Crippen molar-refractivity contribution in [3.63, 3.8) is 0 Å². The van der Waals surface area contributed by atoms with E-state index in [1.165, 1.54) is 35.6 Å². The average Bonchev–Trinajstić information content (AvgIpc) is 2.98. The van der Waals surface area contributed by atoms with Gasteiger partial charge in [-0.2, -0.15) is 0 Å². The molecule has 1 heterocycles. The van der Waals surface area contributed by atoms with Gasteiger partial charge in [-0.15, -0.1) is 11.3 Å². The van der Waals surface area contributed by atoms with E-state index in [0.717, 1.165) is 0 Å². The lowest BCUT2D eigenvalue weighted by molar-refractivity contribution is 0.0696. The molecule has 0 atom stereocenters. The monoisotopic (exact) mass is 288 g/mol. The van der Waals surface area contributed by atoms with Crippen LogP contribution in [-0.4, -0.2) is 22.6 Å². The van der Waals surface area contributed by atoms with Gasteiger partial charge in [-0.1, -0.05) is 18.2 Å². The van der Waals surface area contributed by atoms with Crippen LogP contribution < -0.4 is 0 Å². The normalized spacial score (nSPS) is 10.2. The molecule has 102 valence electrons. The van der Waals surface area contributed by atoms with Crippen LogP contribution in [0.25, 0.3) is 0 Å². The number of Topliss-reactive ketones (excluding diaryl/α,β-unsaturated/α-hetero) is 2. The maximum atomic E-state index is 11.9. The highest BCUT2D eigenvalue weighted by Crippen LogP contribution is 2.14. The van der Waals surface area contributed by atoms with Crippen LogP contribution in [0.2, 0.25) is 0 Å². The predicted molar refractivity (Wildman–Crippen MR) is 75.6 cm³/mol. The first-order chi connectivity index (χ1) is 9.58. The number of carboxylic acids is 1. The second-order valence-electron chi connectivity index (χ2n) is 4.21. The third-order valence-electron chi connectivity index (χ3n) is 2.83. The van der Waals surface area contributed by atoms with E-state index < -0.39 is 5.97 Å². The zero-order valence-corrected chi connectivity index (χ0v) is 11.4. The van der Waals surface area contributed by atoms with Crippen molar-refractivity contribution >= 4 is 28.9 Å². The van der Waals surface area contributed by atoms with Crippen molar-refractivity contribution < 1.29 is 19.5 Å². The summed E-state index contributed by atoms with van der Waals surface area (Å²) in [7, 11) is 0. The van der Waals surface area contributed by atoms with Gasteiger partial charge in [0.2, 0.25) is 0 Å². The highest BCUT2D eigenvalue weighted by atomic mass is 32.1. The Balaban J connectivity index is 1.95. The molecule has 0 saturated carbocycles. The van der Waals surface area contributed by atoms with Crippen molar-refractivity contribution in [2.45, 2.75) is 12.8 Å². The number of carbonyl (C=O) groups is 3. The summed E-state index contributed by atoms with van der Waals surface area (Å²) in [4.78, 5) is 35.0. The van der Waals surface area contributed by atoms with E-state index in [9.17, 15) is 14.4 Å². The van der Waals surface area contributed by atoms with E-state index in [1.54, 1.807) is 12.1 Å². The molecule has 1 aromatic heterocycles. The Kier molecular flexibility index (Phi) is 4.42. The molecule has 5 heteroatoms. The Hall–Kier alpha value is -2.27. The van der Waals surface area contributed by atoms with Crippen molar-refractivity contribution in [3.8, 4) is 0 Å². The van der Waals surface area contributed by atoms with Crippen LogP contribution in [0, 0.1) is 0 Å². The molecule has 0 radical (unpaired) electrons. The molecule has 0 aliphatic carbocycles. The van der Waals surface area contributed by atoms with Gasteiger partial charge in [0, 0.05) is 18.4 Å². The lowest BCUT2D eigenvalue weighted by atomic mass is 10.0. The van der Waals surface area contributed by atoms with Crippen molar-refractivity contribution in [2.75, 3.05) is 0 Å². The van der Waals surface area contributed by atoms with Gasteiger partial charge in [-0.05, 0) is 23.6 Å². The molecule has 20 heavy (non-hydrogen) atoms. The molecule has 1 N–H and O–H groups in total. The zero-order chi connectivity index (χ0) is 14.5. The minimum Gasteiger partial charge on any atom is -0.478 e. The molecular formula is C15H12O4S. The summed E-state index contributed by atoms with van der Waals surface area (Å²) in [6.07, 6.45) is 0.295. The molecular weight excluding hydrogens is 276 g/mol. The first-order valence-electron chi connectivity index (χ1n) is 6.01. The number of benzene rings is 1. The SMILES string of the molecule is O=C(O)c1ccc(C(=O)CCC(=O)c2cccs2)cc1. The molecule has 2 aromatic rings. The molecule has 1 aromatic carbocycles. The Bertz CT molecular complexity index is 626. The minimum absolute atomic E-state index is 0.0458. The van der Waals surface area contributed by atoms with Crippen LogP contribution in [0.5, 0.6) is 0 Å². The van der Waals surface area contributed by atoms with Gasteiger partial charge in [0.1, 0.15) is 0 Å². The number of hydrogen-bond acceptors (Lipinski definition) is 4. The van der Waals surface area contributed by atoms with Crippen molar-refractivity contribution in [1.29, 1.82) is 0 Å². The highest BCUT2D eigenvalue weighted by molar-refractivity contribution is 7.12. The number of rotatable bonds is 6. The average molecular weight is 288 g/mol. The molecule has 0 unspecified atom stereocenters. The summed E-state index contributed by atoms with van der Waals surface area (Å²) < 4.78 is 0. The van der Waals surface area contributed by atoms with Gasteiger partial charge in [-0.25, -0.2) is 4.79 Å². The second kappa shape index (κ2) is 6.25. The van der Waals surface area contributed by atoms with Gasteiger partial charge in [0.15, 0.2) is 11.6 Å². The van der Waals surface area contributed by atoms with E-state index in [0.29, 0.717) is 10.4 Å². The molecule has 0 saturated heterocycles. The Morgan fingerprint density at radius 2 is 1.50 bits per heavy atom. The van der Waals surface area contributed by atoms with Crippen molar-refractivity contribution in [3.05, 3.63) is 57.8 Å². The number of aromatic carboxylic acids is 1. The van der Waals surface area contributed by atoms with Crippen molar-refractivity contribution in [1.82, 2.24) is 0 Å². The lowest BCUT2D eigenvalue weighted by Crippen LogP contribution is -2.05. The summed E-state index contributed by atoms with van der Waals surface area (Å²) >= 11 is 1.36. The third kappa shape index (κ3) is 3.39. The summed E-state index contributed by atoms with van der Waals surface area (Å²) in [6.45, 7) is 0. The Labute approximate surface area is 119 Å². The van der Waals surface area contributed by atoms with E-state index in [4.69, 9.17) is 5.11 Å². The van der Waals surface area contributed by atoms with Crippen LogP contribution in [0.4, 0.5) is 0 Å². The summed E-state index contributed by atoms with van der Waals surface area (Å²) in [5, 5.41) is 10.6. The van der Waals surface area contributed by atoms with Gasteiger partial charge < -0.3 is 5.11 Å². The summed E-state index contributed by atoms with van der Waals surface area (Å²) in [5.74, 6) is -1.24. The molecule has 0 aliphatic heterocycles. The van der Waals surface area contributed by atoms with E-state index in [-0.39, 0.29) is 30.0 Å². The maximum Gasteiger partial charge on any atom is 0.335 e. The molecule has 0 amide bonds. The third-order valence-corrected chi connectivity index (χ3v) is 3.74. The highest BCUT2D eigenvalue weighted by Gasteiger charge is 2.12. The fourth-order valence-electron chi connectivity index (χ4n) is 1.73. The molecule has 0 bridgehead atoms. The number of hydrogen-bond donors (Lipinski definition) is 1. The smallest absolute Gasteiger partial charge is 0.335 e. The molecule has 2 rings (SSSR count). The van der Waals surface area contributed by atoms with Crippen LogP contribution in [0.15, 0.2) is 41.8 Å². The minimum atomic E-state index is -1.03. The number of thiophene rings is 1. The van der Waals surface area contributed by atoms with E-state index >= 15 is 0 Å². The Morgan fingerprint density at radius 1 is 0.900 bits per heavy atom. The standard InChI is InChI=1S/C15H12O4S/c16-12(7-8-13(17)14-2-1-9-20-14)10-3-5-11(6-4-10)15(18)19/h1-6,9H,7-8H2,(H,18,19). The van der Waals surface area contributed by atoms with E-state index in [2.05, 4.69) is 0 Å². The largest absolute Gasteiger partial charge is 0.478 e. The van der Waals surface area contributed by atoms with Crippen molar-refractivity contribution in [2.24, 2.45) is 0 Å². The fourth-order valence-corrected chi connectivity index (χ4v) is 2.42. The molecule has 0 spiro atoms. The van der Waals surface area contributed by atoms with Gasteiger partial charge in [0.25, 0.3) is 0 Å². The number of carbonyl (C=O) groups excluding carboxylic acids is 2. The molecule has 4 nitrogen and oxygen atoms in total. The van der Waals surface area contributed by atoms with Gasteiger partial charge in [-0.3, -0.25) is 9.59 Å². The first-order valence-corrected chi connectivity index (χ1v) is 6.89. The van der Waals surface area contributed by atoms with Crippen LogP contribution >= 0.6 is 11.3 Å². The van der Waals surface area contributed by atoms with Gasteiger partial charge >= 0.3 is 5.97 Å². The lowest BCUT2D eigenvalue weighted by Gasteiger charge is -2.01. The zero-order valence-electron chi connectivity index (χ0n) is 10.5. The van der Waals surface area contributed by atoms with Crippen LogP contribution in [0.1, 0.15) is 43.2 Å². The summed E-state index contributed by atoms with van der Waals surface area (Å²) in [5.41, 5.74) is 0.560. The van der Waals surface area contributed by atoms with Gasteiger partial charge in [0.05, 0.1) is 10.4 Å². The number of ketones is 2. The van der Waals surface area contributed by atoms with Crippen LogP contribution in [-0.2, 0) is 0 Å².